The number of aryl methyl sites for hydroxylation is 1. The van der Waals surface area contributed by atoms with E-state index in [-0.39, 0.29) is 0 Å². The van der Waals surface area contributed by atoms with Crippen LogP contribution in [-0.4, -0.2) is 9.97 Å². The molecule has 0 spiro atoms. The summed E-state index contributed by atoms with van der Waals surface area (Å²) in [4.78, 5) is 8.51. The quantitative estimate of drug-likeness (QED) is 0.647. The van der Waals surface area contributed by atoms with E-state index >= 15 is 0 Å². The van der Waals surface area contributed by atoms with Crippen molar-refractivity contribution in [2.24, 2.45) is 0 Å². The number of benzene rings is 1. The Morgan fingerprint density at radius 1 is 1.24 bits per heavy atom. The second kappa shape index (κ2) is 3.59. The molecular weight excluding hydrogens is 214 g/mol. The minimum atomic E-state index is 0.550. The summed E-state index contributed by atoms with van der Waals surface area (Å²) in [6, 6.07) is 7.49. The highest BCUT2D eigenvalue weighted by atomic mass is 16.3. The van der Waals surface area contributed by atoms with Crippen molar-refractivity contribution in [1.29, 1.82) is 0 Å². The molecule has 2 aromatic heterocycles. The van der Waals surface area contributed by atoms with Gasteiger partial charge in [-0.25, -0.2) is 4.98 Å². The maximum absolute atomic E-state index is 5.84. The molecule has 84 valence electrons. The zero-order valence-electron chi connectivity index (χ0n) is 9.34. The first kappa shape index (κ1) is 9.84. The Hall–Kier alpha value is -2.36. The third-order valence-corrected chi connectivity index (χ3v) is 2.57. The zero-order valence-corrected chi connectivity index (χ0v) is 9.34. The van der Waals surface area contributed by atoms with Crippen molar-refractivity contribution >= 4 is 16.8 Å². The van der Waals surface area contributed by atoms with Gasteiger partial charge < -0.3 is 10.2 Å². The molecule has 3 aromatic rings. The SMILES string of the molecule is Cc1cncc(-c2nc3c(N)cccc3o2)c1. The van der Waals surface area contributed by atoms with E-state index in [0.29, 0.717) is 22.7 Å². The van der Waals surface area contributed by atoms with Crippen LogP contribution >= 0.6 is 0 Å². The normalized spacial score (nSPS) is 10.9. The molecule has 0 aliphatic carbocycles. The number of hydrogen-bond donors (Lipinski definition) is 1. The van der Waals surface area contributed by atoms with Crippen LogP contribution < -0.4 is 5.73 Å². The number of nitrogens with two attached hydrogens (primary N) is 1. The van der Waals surface area contributed by atoms with Gasteiger partial charge >= 0.3 is 0 Å². The average molecular weight is 225 g/mol. The second-order valence-corrected chi connectivity index (χ2v) is 3.96. The van der Waals surface area contributed by atoms with Crippen LogP contribution in [0.15, 0.2) is 41.1 Å². The van der Waals surface area contributed by atoms with Gasteiger partial charge in [0.15, 0.2) is 5.58 Å². The van der Waals surface area contributed by atoms with Gasteiger partial charge in [0.2, 0.25) is 5.89 Å². The molecule has 0 aliphatic heterocycles. The predicted octanol–water partition coefficient (Wildman–Crippen LogP) is 2.78. The lowest BCUT2D eigenvalue weighted by Gasteiger charge is -1.95. The first-order chi connectivity index (χ1) is 8.24. The van der Waals surface area contributed by atoms with E-state index in [0.717, 1.165) is 11.1 Å². The van der Waals surface area contributed by atoms with Crippen molar-refractivity contribution in [1.82, 2.24) is 9.97 Å². The Balaban J connectivity index is 2.22. The molecular formula is C13H11N3O. The summed E-state index contributed by atoms with van der Waals surface area (Å²) in [6.07, 6.45) is 3.52. The highest BCUT2D eigenvalue weighted by Crippen LogP contribution is 2.27. The molecule has 0 radical (unpaired) electrons. The molecule has 3 rings (SSSR count). The topological polar surface area (TPSA) is 64.9 Å². The van der Waals surface area contributed by atoms with Gasteiger partial charge in [-0.15, -0.1) is 0 Å². The van der Waals surface area contributed by atoms with Crippen LogP contribution in [0.1, 0.15) is 5.56 Å². The zero-order chi connectivity index (χ0) is 11.8. The summed E-state index contributed by atoms with van der Waals surface area (Å²) in [5.41, 5.74) is 9.79. The Morgan fingerprint density at radius 2 is 2.12 bits per heavy atom. The number of pyridine rings is 1. The van der Waals surface area contributed by atoms with Crippen molar-refractivity contribution in [3.05, 3.63) is 42.2 Å². The van der Waals surface area contributed by atoms with Crippen molar-refractivity contribution < 1.29 is 4.42 Å². The maximum Gasteiger partial charge on any atom is 0.228 e. The smallest absolute Gasteiger partial charge is 0.228 e. The fraction of sp³-hybridized carbons (Fsp3) is 0.0769. The Kier molecular flexibility index (Phi) is 2.08. The Bertz CT molecular complexity index is 688. The van der Waals surface area contributed by atoms with Crippen LogP contribution in [0, 0.1) is 6.92 Å². The van der Waals surface area contributed by atoms with Crippen LogP contribution in [0.3, 0.4) is 0 Å². The summed E-state index contributed by atoms with van der Waals surface area (Å²) in [5, 5.41) is 0. The van der Waals surface area contributed by atoms with E-state index in [1.165, 1.54) is 0 Å². The van der Waals surface area contributed by atoms with Crippen molar-refractivity contribution in [2.45, 2.75) is 6.92 Å². The monoisotopic (exact) mass is 225 g/mol. The van der Waals surface area contributed by atoms with Crippen LogP contribution in [-0.2, 0) is 0 Å². The van der Waals surface area contributed by atoms with Gasteiger partial charge in [0, 0.05) is 12.4 Å². The molecule has 2 N–H and O–H groups in total. The van der Waals surface area contributed by atoms with Gasteiger partial charge in [0.25, 0.3) is 0 Å². The first-order valence-electron chi connectivity index (χ1n) is 5.31. The average Bonchev–Trinajstić information content (AvgIpc) is 2.74. The number of aromatic nitrogens is 2. The molecule has 0 saturated carbocycles. The molecule has 0 unspecified atom stereocenters. The number of rotatable bonds is 1. The molecule has 0 bridgehead atoms. The van der Waals surface area contributed by atoms with Crippen LogP contribution in [0.4, 0.5) is 5.69 Å². The van der Waals surface area contributed by atoms with E-state index in [1.54, 1.807) is 12.4 Å². The van der Waals surface area contributed by atoms with Gasteiger partial charge in [-0.1, -0.05) is 6.07 Å². The van der Waals surface area contributed by atoms with Crippen LogP contribution in [0.5, 0.6) is 0 Å². The lowest BCUT2D eigenvalue weighted by atomic mass is 10.2. The van der Waals surface area contributed by atoms with Gasteiger partial charge in [-0.05, 0) is 30.7 Å². The number of para-hydroxylation sites is 1. The third kappa shape index (κ3) is 1.63. The number of fused-ring (bicyclic) bond motifs is 1. The lowest BCUT2D eigenvalue weighted by Crippen LogP contribution is -1.85. The molecule has 0 aliphatic rings. The number of anilines is 1. The van der Waals surface area contributed by atoms with Crippen LogP contribution in [0.2, 0.25) is 0 Å². The summed E-state index contributed by atoms with van der Waals surface area (Å²) in [6.45, 7) is 1.98. The van der Waals surface area contributed by atoms with E-state index in [2.05, 4.69) is 9.97 Å². The highest BCUT2D eigenvalue weighted by Gasteiger charge is 2.10. The number of nitrogen functional groups attached to an aromatic ring is 1. The molecule has 1 aromatic carbocycles. The number of hydrogen-bond acceptors (Lipinski definition) is 4. The fourth-order valence-electron chi connectivity index (χ4n) is 1.77. The second-order valence-electron chi connectivity index (χ2n) is 3.96. The summed E-state index contributed by atoms with van der Waals surface area (Å²) in [7, 11) is 0. The molecule has 0 amide bonds. The molecule has 2 heterocycles. The van der Waals surface area contributed by atoms with Gasteiger partial charge in [-0.3, -0.25) is 4.98 Å². The minimum Gasteiger partial charge on any atom is -0.436 e. The first-order valence-corrected chi connectivity index (χ1v) is 5.31. The molecule has 17 heavy (non-hydrogen) atoms. The molecule has 4 heteroatoms. The Labute approximate surface area is 98.1 Å². The van der Waals surface area contributed by atoms with Crippen molar-refractivity contribution in [3.8, 4) is 11.5 Å². The molecule has 4 nitrogen and oxygen atoms in total. The standard InChI is InChI=1S/C13H11N3O/c1-8-5-9(7-15-6-8)13-16-12-10(14)3-2-4-11(12)17-13/h2-7H,14H2,1H3. The predicted molar refractivity (Wildman–Crippen MR) is 66.4 cm³/mol. The van der Waals surface area contributed by atoms with E-state index in [4.69, 9.17) is 10.2 Å². The highest BCUT2D eigenvalue weighted by molar-refractivity contribution is 5.87. The number of oxazole rings is 1. The summed E-state index contributed by atoms with van der Waals surface area (Å²) in [5.74, 6) is 0.550. The van der Waals surface area contributed by atoms with Crippen LogP contribution in [0.25, 0.3) is 22.6 Å². The maximum atomic E-state index is 5.84. The lowest BCUT2D eigenvalue weighted by molar-refractivity contribution is 0.619. The number of nitrogens with zero attached hydrogens (tertiary/aromatic N) is 2. The molecule has 0 saturated heterocycles. The van der Waals surface area contributed by atoms with Crippen molar-refractivity contribution in [3.63, 3.8) is 0 Å². The van der Waals surface area contributed by atoms with E-state index in [1.807, 2.05) is 31.2 Å². The fourth-order valence-corrected chi connectivity index (χ4v) is 1.77. The third-order valence-electron chi connectivity index (χ3n) is 2.57. The van der Waals surface area contributed by atoms with Crippen molar-refractivity contribution in [2.75, 3.05) is 5.73 Å². The summed E-state index contributed by atoms with van der Waals surface area (Å²) < 4.78 is 5.66. The Morgan fingerprint density at radius 3 is 2.88 bits per heavy atom. The largest absolute Gasteiger partial charge is 0.436 e. The van der Waals surface area contributed by atoms with Gasteiger partial charge in [0.1, 0.15) is 5.52 Å². The molecule has 0 fully saturated rings. The molecule has 0 atom stereocenters. The van der Waals surface area contributed by atoms with E-state index in [9.17, 15) is 0 Å². The van der Waals surface area contributed by atoms with E-state index < -0.39 is 0 Å². The summed E-state index contributed by atoms with van der Waals surface area (Å²) >= 11 is 0. The van der Waals surface area contributed by atoms with Gasteiger partial charge in [-0.2, -0.15) is 0 Å². The van der Waals surface area contributed by atoms with Gasteiger partial charge in [0.05, 0.1) is 11.3 Å². The minimum absolute atomic E-state index is 0.550.